The van der Waals surface area contributed by atoms with E-state index >= 15 is 0 Å². The lowest BCUT2D eigenvalue weighted by Gasteiger charge is -2.07. The van der Waals surface area contributed by atoms with Gasteiger partial charge in [-0.15, -0.1) is 0 Å². The molecule has 1 aromatic rings. The fourth-order valence-electron chi connectivity index (χ4n) is 1.16. The van der Waals surface area contributed by atoms with Gasteiger partial charge in [0.25, 0.3) is 0 Å². The minimum absolute atomic E-state index is 0.580. The van der Waals surface area contributed by atoms with Crippen LogP contribution in [0.4, 0.5) is 0 Å². The number of allylic oxidation sites excluding steroid dienone is 4. The minimum atomic E-state index is 0.580. The van der Waals surface area contributed by atoms with Crippen molar-refractivity contribution in [2.45, 2.75) is 6.92 Å². The third-order valence-electron chi connectivity index (χ3n) is 1.77. The number of pyridine rings is 1. The molecule has 0 bridgehead atoms. The standard InChI is InChI=1S/C12H12ClN/c1-4-10(13)12(9(2)3)11-7-5-6-8-14-11/h4-8H,1-2H2,3H3/b12-10-. The van der Waals surface area contributed by atoms with Crippen molar-refractivity contribution < 1.29 is 0 Å². The summed E-state index contributed by atoms with van der Waals surface area (Å²) < 4.78 is 0. The molecule has 0 unspecified atom stereocenters. The van der Waals surface area contributed by atoms with Gasteiger partial charge in [-0.05, 0) is 24.6 Å². The van der Waals surface area contributed by atoms with Gasteiger partial charge in [0, 0.05) is 16.8 Å². The van der Waals surface area contributed by atoms with Crippen molar-refractivity contribution in [1.82, 2.24) is 4.98 Å². The van der Waals surface area contributed by atoms with Crippen LogP contribution in [0, 0.1) is 0 Å². The lowest BCUT2D eigenvalue weighted by molar-refractivity contribution is 1.26. The van der Waals surface area contributed by atoms with Gasteiger partial charge in [0.2, 0.25) is 0 Å². The molecule has 1 aromatic heterocycles. The summed E-state index contributed by atoms with van der Waals surface area (Å²) in [6.45, 7) is 9.40. The van der Waals surface area contributed by atoms with Crippen molar-refractivity contribution in [3.8, 4) is 0 Å². The second-order valence-electron chi connectivity index (χ2n) is 2.92. The van der Waals surface area contributed by atoms with Crippen LogP contribution in [0.2, 0.25) is 0 Å². The fourth-order valence-corrected chi connectivity index (χ4v) is 1.42. The number of nitrogens with zero attached hydrogens (tertiary/aromatic N) is 1. The number of hydrogen-bond acceptors (Lipinski definition) is 1. The Morgan fingerprint density at radius 1 is 1.50 bits per heavy atom. The first kappa shape index (κ1) is 10.7. The van der Waals surface area contributed by atoms with Gasteiger partial charge in [0.05, 0.1) is 5.69 Å². The number of hydrogen-bond donors (Lipinski definition) is 0. The highest BCUT2D eigenvalue weighted by atomic mass is 35.5. The van der Waals surface area contributed by atoms with E-state index in [1.807, 2.05) is 25.1 Å². The third-order valence-corrected chi connectivity index (χ3v) is 2.11. The molecule has 0 amide bonds. The molecule has 0 saturated carbocycles. The maximum Gasteiger partial charge on any atom is 0.0719 e. The SMILES string of the molecule is C=C/C(Cl)=C(\C(=C)C)c1ccccn1. The Labute approximate surface area is 89.4 Å². The van der Waals surface area contributed by atoms with E-state index in [1.54, 1.807) is 12.3 Å². The molecule has 14 heavy (non-hydrogen) atoms. The van der Waals surface area contributed by atoms with Gasteiger partial charge in [-0.2, -0.15) is 0 Å². The van der Waals surface area contributed by atoms with Crippen molar-refractivity contribution in [3.05, 3.63) is 59.9 Å². The molecule has 0 spiro atoms. The quantitative estimate of drug-likeness (QED) is 0.685. The smallest absolute Gasteiger partial charge is 0.0719 e. The predicted molar refractivity (Wildman–Crippen MR) is 62.0 cm³/mol. The Bertz CT molecular complexity index is 377. The molecular weight excluding hydrogens is 194 g/mol. The molecule has 2 heteroatoms. The summed E-state index contributed by atoms with van der Waals surface area (Å²) >= 11 is 6.02. The van der Waals surface area contributed by atoms with E-state index in [9.17, 15) is 0 Å². The van der Waals surface area contributed by atoms with Gasteiger partial charge in [0.1, 0.15) is 0 Å². The summed E-state index contributed by atoms with van der Waals surface area (Å²) in [6.07, 6.45) is 3.33. The van der Waals surface area contributed by atoms with Crippen LogP contribution >= 0.6 is 11.6 Å². The average Bonchev–Trinajstić information content (AvgIpc) is 2.19. The second kappa shape index (κ2) is 4.77. The van der Waals surface area contributed by atoms with Gasteiger partial charge in [-0.25, -0.2) is 0 Å². The molecule has 0 aliphatic rings. The van der Waals surface area contributed by atoms with Gasteiger partial charge >= 0.3 is 0 Å². The Hall–Kier alpha value is -1.34. The predicted octanol–water partition coefficient (Wildman–Crippen LogP) is 3.79. The highest BCUT2D eigenvalue weighted by molar-refractivity contribution is 6.35. The van der Waals surface area contributed by atoms with Gasteiger partial charge in [0.15, 0.2) is 0 Å². The summed E-state index contributed by atoms with van der Waals surface area (Å²) in [7, 11) is 0. The first-order valence-electron chi connectivity index (χ1n) is 4.26. The molecule has 0 fully saturated rings. The van der Waals surface area contributed by atoms with Gasteiger partial charge in [-0.3, -0.25) is 4.98 Å². The van der Waals surface area contributed by atoms with Crippen LogP contribution < -0.4 is 0 Å². The normalized spacial score (nSPS) is 11.9. The molecule has 0 radical (unpaired) electrons. The maximum atomic E-state index is 6.02. The van der Waals surface area contributed by atoms with Crippen LogP contribution in [0.15, 0.2) is 54.2 Å². The highest BCUT2D eigenvalue weighted by Gasteiger charge is 2.06. The molecule has 72 valence electrons. The summed E-state index contributed by atoms with van der Waals surface area (Å²) in [5.41, 5.74) is 2.56. The Kier molecular flexibility index (Phi) is 3.66. The van der Waals surface area contributed by atoms with E-state index in [1.165, 1.54) is 0 Å². The van der Waals surface area contributed by atoms with E-state index in [2.05, 4.69) is 18.1 Å². The largest absolute Gasteiger partial charge is 0.256 e. The highest BCUT2D eigenvalue weighted by Crippen LogP contribution is 2.26. The molecular formula is C12H12ClN. The molecule has 0 N–H and O–H groups in total. The summed E-state index contributed by atoms with van der Waals surface area (Å²) in [4.78, 5) is 4.22. The Morgan fingerprint density at radius 3 is 2.64 bits per heavy atom. The maximum absolute atomic E-state index is 6.02. The van der Waals surface area contributed by atoms with Crippen molar-refractivity contribution in [1.29, 1.82) is 0 Å². The van der Waals surface area contributed by atoms with Crippen molar-refractivity contribution in [2.24, 2.45) is 0 Å². The first-order valence-corrected chi connectivity index (χ1v) is 4.64. The average molecular weight is 206 g/mol. The molecule has 1 rings (SSSR count). The lowest BCUT2D eigenvalue weighted by Crippen LogP contribution is -1.90. The number of rotatable bonds is 3. The summed E-state index contributed by atoms with van der Waals surface area (Å²) in [6, 6.07) is 5.68. The molecule has 0 aliphatic carbocycles. The van der Waals surface area contributed by atoms with Crippen LogP contribution in [0.25, 0.3) is 5.57 Å². The van der Waals surface area contributed by atoms with Crippen LogP contribution in [-0.4, -0.2) is 4.98 Å². The monoisotopic (exact) mass is 205 g/mol. The lowest BCUT2D eigenvalue weighted by atomic mass is 10.0. The molecule has 0 aliphatic heterocycles. The van der Waals surface area contributed by atoms with Crippen LogP contribution in [0.5, 0.6) is 0 Å². The van der Waals surface area contributed by atoms with Crippen LogP contribution in [-0.2, 0) is 0 Å². The second-order valence-corrected chi connectivity index (χ2v) is 3.33. The molecule has 1 heterocycles. The molecule has 0 atom stereocenters. The number of halogens is 1. The molecule has 0 aromatic carbocycles. The van der Waals surface area contributed by atoms with E-state index in [0.29, 0.717) is 5.03 Å². The van der Waals surface area contributed by atoms with Crippen molar-refractivity contribution in [2.75, 3.05) is 0 Å². The Balaban J connectivity index is 3.28. The first-order chi connectivity index (χ1) is 6.66. The van der Waals surface area contributed by atoms with Crippen molar-refractivity contribution >= 4 is 17.2 Å². The van der Waals surface area contributed by atoms with Crippen molar-refractivity contribution in [3.63, 3.8) is 0 Å². The Morgan fingerprint density at radius 2 is 2.21 bits per heavy atom. The summed E-state index contributed by atoms with van der Waals surface area (Å²) in [5, 5.41) is 0.580. The minimum Gasteiger partial charge on any atom is -0.256 e. The third kappa shape index (κ3) is 2.33. The zero-order chi connectivity index (χ0) is 10.6. The fraction of sp³-hybridized carbons (Fsp3) is 0.0833. The molecule has 1 nitrogen and oxygen atoms in total. The van der Waals surface area contributed by atoms with E-state index < -0.39 is 0 Å². The zero-order valence-corrected chi connectivity index (χ0v) is 8.88. The van der Waals surface area contributed by atoms with E-state index in [4.69, 9.17) is 11.6 Å². The van der Waals surface area contributed by atoms with Gasteiger partial charge < -0.3 is 0 Å². The van der Waals surface area contributed by atoms with Gasteiger partial charge in [-0.1, -0.05) is 36.9 Å². The summed E-state index contributed by atoms with van der Waals surface area (Å²) in [5.74, 6) is 0. The van der Waals surface area contributed by atoms with Crippen LogP contribution in [0.1, 0.15) is 12.6 Å². The molecule has 0 saturated heterocycles. The van der Waals surface area contributed by atoms with E-state index in [0.717, 1.165) is 16.8 Å². The topological polar surface area (TPSA) is 12.9 Å². The number of aromatic nitrogens is 1. The van der Waals surface area contributed by atoms with E-state index in [-0.39, 0.29) is 0 Å². The zero-order valence-electron chi connectivity index (χ0n) is 8.13. The van der Waals surface area contributed by atoms with Crippen LogP contribution in [0.3, 0.4) is 0 Å².